The first-order chi connectivity index (χ1) is 12.8. The summed E-state index contributed by atoms with van der Waals surface area (Å²) in [7, 11) is 0. The van der Waals surface area contributed by atoms with E-state index in [9.17, 15) is 9.59 Å². The first-order valence-corrected chi connectivity index (χ1v) is 8.55. The van der Waals surface area contributed by atoms with E-state index in [4.69, 9.17) is 28.4 Å². The van der Waals surface area contributed by atoms with E-state index in [2.05, 4.69) is 10.2 Å². The second-order valence-electron chi connectivity index (χ2n) is 5.39. The normalized spacial score (nSPS) is 25.8. The molecule has 0 bridgehead atoms. The molecule has 0 aromatic rings. The Hall–Kier alpha value is -1.50. The van der Waals surface area contributed by atoms with Crippen LogP contribution in [0, 0.1) is 0 Å². The minimum absolute atomic E-state index is 0.0163. The number of rotatable bonds is 2. The molecule has 26 heavy (non-hydrogen) atoms. The van der Waals surface area contributed by atoms with Gasteiger partial charge in [0.2, 0.25) is 0 Å². The highest BCUT2D eigenvalue weighted by molar-refractivity contribution is 5.98. The molecule has 1 saturated heterocycles. The van der Waals surface area contributed by atoms with Crippen molar-refractivity contribution in [1.29, 1.82) is 0 Å². The van der Waals surface area contributed by atoms with E-state index in [1.54, 1.807) is 0 Å². The van der Waals surface area contributed by atoms with Gasteiger partial charge in [0.25, 0.3) is 0 Å². The molecule has 0 aromatic heterocycles. The van der Waals surface area contributed by atoms with Crippen LogP contribution in [0.15, 0.2) is 10.2 Å². The molecule has 148 valence electrons. The molecular formula is C15H25N3O8. The van der Waals surface area contributed by atoms with Gasteiger partial charge in [-0.25, -0.2) is 14.5 Å². The Labute approximate surface area is 151 Å². The lowest BCUT2D eigenvalue weighted by molar-refractivity contribution is -0.0630. The third-order valence-corrected chi connectivity index (χ3v) is 3.44. The van der Waals surface area contributed by atoms with Crippen molar-refractivity contribution in [1.82, 2.24) is 4.90 Å². The number of amides is 4. The van der Waals surface area contributed by atoms with E-state index in [1.807, 2.05) is 0 Å². The van der Waals surface area contributed by atoms with Gasteiger partial charge in [-0.15, -0.1) is 0 Å². The van der Waals surface area contributed by atoms with Crippen molar-refractivity contribution >= 4 is 12.1 Å². The maximum Gasteiger partial charge on any atom is 0.370 e. The van der Waals surface area contributed by atoms with Gasteiger partial charge in [0.15, 0.2) is 0 Å². The zero-order valence-corrected chi connectivity index (χ0v) is 14.7. The van der Waals surface area contributed by atoms with E-state index in [0.717, 1.165) is 4.90 Å². The second kappa shape index (κ2) is 12.8. The molecule has 1 unspecified atom stereocenters. The second-order valence-corrected chi connectivity index (χ2v) is 5.39. The quantitative estimate of drug-likeness (QED) is 0.684. The van der Waals surface area contributed by atoms with Crippen LogP contribution in [0.2, 0.25) is 0 Å². The average Bonchev–Trinajstić information content (AvgIpc) is 2.95. The lowest BCUT2D eigenvalue weighted by atomic mass is 10.3. The molecular weight excluding hydrogens is 350 g/mol. The van der Waals surface area contributed by atoms with Gasteiger partial charge in [0.1, 0.15) is 0 Å². The highest BCUT2D eigenvalue weighted by atomic mass is 16.6. The lowest BCUT2D eigenvalue weighted by Gasteiger charge is -2.21. The average molecular weight is 375 g/mol. The van der Waals surface area contributed by atoms with E-state index in [0.29, 0.717) is 59.5 Å². The fourth-order valence-corrected chi connectivity index (χ4v) is 2.16. The number of urea groups is 2. The van der Waals surface area contributed by atoms with Gasteiger partial charge in [0.05, 0.1) is 85.3 Å². The van der Waals surface area contributed by atoms with Crippen LogP contribution < -0.4 is 0 Å². The number of imide groups is 1. The summed E-state index contributed by atoms with van der Waals surface area (Å²) < 4.78 is 32.7. The van der Waals surface area contributed by atoms with Crippen LogP contribution in [0.3, 0.4) is 0 Å². The van der Waals surface area contributed by atoms with Crippen LogP contribution in [0.4, 0.5) is 9.59 Å². The summed E-state index contributed by atoms with van der Waals surface area (Å²) in [6, 6.07) is -1.40. The molecule has 0 aromatic carbocycles. The highest BCUT2D eigenvalue weighted by Gasteiger charge is 2.30. The predicted octanol–water partition coefficient (Wildman–Crippen LogP) is 0.476. The molecule has 1 fully saturated rings. The summed E-state index contributed by atoms with van der Waals surface area (Å²) in [5, 5.41) is 6.44. The number of carbonyl (C=O) groups excluding carboxylic acids is 2. The van der Waals surface area contributed by atoms with E-state index in [1.165, 1.54) is 0 Å². The Bertz CT molecular complexity index is 426. The van der Waals surface area contributed by atoms with Gasteiger partial charge in [-0.1, -0.05) is 10.2 Å². The predicted molar refractivity (Wildman–Crippen MR) is 86.2 cm³/mol. The van der Waals surface area contributed by atoms with E-state index < -0.39 is 18.2 Å². The van der Waals surface area contributed by atoms with Crippen LogP contribution in [-0.4, -0.2) is 102 Å². The van der Waals surface area contributed by atoms with Gasteiger partial charge in [-0.3, -0.25) is 0 Å². The molecule has 11 heteroatoms. The highest BCUT2D eigenvalue weighted by Crippen LogP contribution is 2.10. The Morgan fingerprint density at radius 2 is 1.12 bits per heavy atom. The summed E-state index contributed by atoms with van der Waals surface area (Å²) in [6.45, 7) is 4.48. The van der Waals surface area contributed by atoms with Gasteiger partial charge in [-0.05, 0) is 0 Å². The number of nitrogens with zero attached hydrogens (tertiary/aromatic N) is 3. The minimum Gasteiger partial charge on any atom is -0.377 e. The summed E-state index contributed by atoms with van der Waals surface area (Å²) >= 11 is 0. The van der Waals surface area contributed by atoms with Crippen molar-refractivity contribution in [3.8, 4) is 0 Å². The largest absolute Gasteiger partial charge is 0.377 e. The van der Waals surface area contributed by atoms with Crippen molar-refractivity contribution in [3.05, 3.63) is 0 Å². The van der Waals surface area contributed by atoms with Gasteiger partial charge in [0, 0.05) is 0 Å². The van der Waals surface area contributed by atoms with Gasteiger partial charge >= 0.3 is 12.1 Å². The maximum atomic E-state index is 11.5. The molecule has 2 rings (SSSR count). The number of hydrogen-bond acceptors (Lipinski definition) is 8. The Balaban J connectivity index is 1.75. The molecule has 1 atom stereocenters. The Kier molecular flexibility index (Phi) is 10.2. The van der Waals surface area contributed by atoms with Crippen LogP contribution >= 0.6 is 0 Å². The molecule has 0 N–H and O–H groups in total. The molecule has 2 heterocycles. The summed E-state index contributed by atoms with van der Waals surface area (Å²) in [5.74, 6) is 0. The van der Waals surface area contributed by atoms with Crippen LogP contribution in [0.1, 0.15) is 0 Å². The van der Waals surface area contributed by atoms with Gasteiger partial charge < -0.3 is 28.4 Å². The lowest BCUT2D eigenvalue weighted by Crippen LogP contribution is -2.39. The smallest absolute Gasteiger partial charge is 0.370 e. The molecule has 4 amide bonds. The first kappa shape index (κ1) is 20.8. The zero-order valence-electron chi connectivity index (χ0n) is 14.7. The standard InChI is InChI=1S/C15H25N3O8/c19-14-16-17-15(20)18(14)11-13-12-25-8-7-23-4-3-21-1-2-22-5-6-24-9-10-26-13/h13H,1-12H2. The third kappa shape index (κ3) is 8.25. The monoisotopic (exact) mass is 375 g/mol. The van der Waals surface area contributed by atoms with Crippen LogP contribution in [0.25, 0.3) is 0 Å². The number of hydrogen-bond donors (Lipinski definition) is 0. The van der Waals surface area contributed by atoms with Crippen LogP contribution in [0.5, 0.6) is 0 Å². The third-order valence-electron chi connectivity index (χ3n) is 3.44. The summed E-state index contributed by atoms with van der Waals surface area (Å²) in [5.41, 5.74) is 0. The minimum atomic E-state index is -0.699. The fraction of sp³-hybridized carbons (Fsp3) is 0.867. The van der Waals surface area contributed by atoms with E-state index >= 15 is 0 Å². The molecule has 0 aliphatic carbocycles. The summed E-state index contributed by atoms with van der Waals surface area (Å²) in [4.78, 5) is 24.0. The zero-order chi connectivity index (χ0) is 18.5. The van der Waals surface area contributed by atoms with Crippen LogP contribution in [-0.2, 0) is 28.4 Å². The molecule has 0 spiro atoms. The fourth-order valence-electron chi connectivity index (χ4n) is 2.16. The van der Waals surface area contributed by atoms with Crippen molar-refractivity contribution < 1.29 is 38.0 Å². The van der Waals surface area contributed by atoms with Crippen molar-refractivity contribution in [3.63, 3.8) is 0 Å². The first-order valence-electron chi connectivity index (χ1n) is 8.55. The number of carbonyl (C=O) groups is 2. The maximum absolute atomic E-state index is 11.5. The number of azo groups is 1. The molecule has 2 aliphatic rings. The molecule has 0 saturated carbocycles. The van der Waals surface area contributed by atoms with Crippen molar-refractivity contribution in [2.75, 3.05) is 79.2 Å². The van der Waals surface area contributed by atoms with Crippen molar-refractivity contribution in [2.45, 2.75) is 6.10 Å². The van der Waals surface area contributed by atoms with Crippen molar-refractivity contribution in [2.24, 2.45) is 10.2 Å². The SMILES string of the molecule is O=C1N=NC(=O)N1CC1COCCOCCOCCOCCOCCO1. The van der Waals surface area contributed by atoms with Gasteiger partial charge in [-0.2, -0.15) is 0 Å². The Morgan fingerprint density at radius 1 is 0.692 bits per heavy atom. The molecule has 0 radical (unpaired) electrons. The topological polar surface area (TPSA) is 117 Å². The van der Waals surface area contributed by atoms with E-state index in [-0.39, 0.29) is 19.8 Å². The molecule has 2 aliphatic heterocycles. The molecule has 11 nitrogen and oxygen atoms in total. The number of ether oxygens (including phenoxy) is 6. The summed E-state index contributed by atoms with van der Waals surface area (Å²) in [6.07, 6.45) is -0.506. The Morgan fingerprint density at radius 3 is 1.62 bits per heavy atom.